The molecule has 0 radical (unpaired) electrons. The average molecular weight is 690 g/mol. The zero-order chi connectivity index (χ0) is 32.1. The minimum atomic E-state index is -5.43. The zero-order valence-corrected chi connectivity index (χ0v) is 24.0. The van der Waals surface area contributed by atoms with Crippen molar-refractivity contribution in [2.75, 3.05) is 10.6 Å². The SMILES string of the molecule is O=C(Cc1ccc(NC(=O)C(F)(F)F)c(C(F)(F)F)c1)c1cc(NC(=O)C2C(c3ccc(F)c(Cl)c3)C2(Cl)Cl)ccc1Cl. The van der Waals surface area contributed by atoms with Gasteiger partial charge in [0, 0.05) is 23.6 Å². The first-order valence-corrected chi connectivity index (χ1v) is 13.4. The quantitative estimate of drug-likeness (QED) is 0.148. The molecule has 0 spiro atoms. The Hall–Kier alpha value is -3.06. The Bertz CT molecular complexity index is 1630. The van der Waals surface area contributed by atoms with Crippen molar-refractivity contribution in [3.05, 3.63) is 92.7 Å². The van der Waals surface area contributed by atoms with E-state index in [1.807, 2.05) is 0 Å². The molecule has 2 amide bonds. The summed E-state index contributed by atoms with van der Waals surface area (Å²) in [6.45, 7) is 0. The van der Waals surface area contributed by atoms with Crippen molar-refractivity contribution in [1.29, 1.82) is 0 Å². The molecule has 0 aromatic heterocycles. The molecule has 0 saturated heterocycles. The highest BCUT2D eigenvalue weighted by Gasteiger charge is 2.67. The van der Waals surface area contributed by atoms with Crippen LogP contribution in [0.5, 0.6) is 0 Å². The van der Waals surface area contributed by atoms with E-state index in [-0.39, 0.29) is 26.9 Å². The van der Waals surface area contributed by atoms with Crippen molar-refractivity contribution >= 4 is 75.4 Å². The van der Waals surface area contributed by atoms with Crippen molar-refractivity contribution < 1.29 is 45.1 Å². The molecule has 0 bridgehead atoms. The number of nitrogens with one attached hydrogen (secondary N) is 2. The fourth-order valence-corrected chi connectivity index (χ4v) is 5.57. The van der Waals surface area contributed by atoms with Crippen LogP contribution in [0.3, 0.4) is 0 Å². The molecule has 3 aromatic rings. The lowest BCUT2D eigenvalue weighted by Crippen LogP contribution is -2.31. The van der Waals surface area contributed by atoms with Crippen LogP contribution < -0.4 is 10.6 Å². The van der Waals surface area contributed by atoms with E-state index in [1.54, 1.807) is 0 Å². The van der Waals surface area contributed by atoms with E-state index in [2.05, 4.69) is 5.32 Å². The van der Waals surface area contributed by atoms with Gasteiger partial charge in [-0.05, 0) is 53.6 Å². The molecule has 0 aliphatic heterocycles. The number of carbonyl (C=O) groups excluding carboxylic acids is 3. The van der Waals surface area contributed by atoms with Gasteiger partial charge < -0.3 is 10.6 Å². The average Bonchev–Trinajstić information content (AvgIpc) is 3.48. The third-order valence-electron chi connectivity index (χ3n) is 6.43. The van der Waals surface area contributed by atoms with E-state index < -0.39 is 69.6 Å². The highest BCUT2D eigenvalue weighted by atomic mass is 35.5. The smallest absolute Gasteiger partial charge is 0.326 e. The van der Waals surface area contributed by atoms with E-state index in [1.165, 1.54) is 35.6 Å². The Morgan fingerprint density at radius 2 is 1.51 bits per heavy atom. The predicted octanol–water partition coefficient (Wildman–Crippen LogP) is 8.60. The van der Waals surface area contributed by atoms with Crippen molar-refractivity contribution in [1.82, 2.24) is 0 Å². The van der Waals surface area contributed by atoms with E-state index in [0.29, 0.717) is 17.7 Å². The van der Waals surface area contributed by atoms with Crippen LogP contribution >= 0.6 is 46.4 Å². The fourth-order valence-electron chi connectivity index (χ4n) is 4.33. The van der Waals surface area contributed by atoms with Crippen LogP contribution in [0.25, 0.3) is 0 Å². The number of alkyl halides is 8. The number of carbonyl (C=O) groups is 3. The molecule has 16 heteroatoms. The van der Waals surface area contributed by atoms with E-state index in [0.717, 1.165) is 12.1 Å². The Morgan fingerprint density at radius 1 is 0.837 bits per heavy atom. The number of hydrogen-bond donors (Lipinski definition) is 2. The standard InChI is InChI=1S/C27H15Cl4F7N2O3/c28-16-4-3-13(39-23(42)22-21(25(22,30)31)12-2-5-18(32)17(29)9-12)10-14(16)20(41)8-11-1-6-19(15(7-11)26(33,34)35)40-24(43)27(36,37)38/h1-7,9-10,21-22H,8H2,(H,39,42)(H,40,43). The van der Waals surface area contributed by atoms with Gasteiger partial charge in [-0.25, -0.2) is 4.39 Å². The largest absolute Gasteiger partial charge is 0.471 e. The summed E-state index contributed by atoms with van der Waals surface area (Å²) in [6.07, 6.45) is -11.3. The van der Waals surface area contributed by atoms with Crippen LogP contribution in [-0.2, 0) is 22.2 Å². The number of ketones is 1. The summed E-state index contributed by atoms with van der Waals surface area (Å²) in [5.74, 6) is -6.48. The van der Waals surface area contributed by atoms with Gasteiger partial charge in [-0.1, -0.05) is 35.3 Å². The maximum Gasteiger partial charge on any atom is 0.471 e. The van der Waals surface area contributed by atoms with Crippen LogP contribution in [0.15, 0.2) is 54.6 Å². The van der Waals surface area contributed by atoms with Crippen LogP contribution in [0, 0.1) is 11.7 Å². The van der Waals surface area contributed by atoms with E-state index >= 15 is 0 Å². The van der Waals surface area contributed by atoms with Crippen LogP contribution in [0.2, 0.25) is 10.0 Å². The molecule has 1 fully saturated rings. The Morgan fingerprint density at radius 3 is 2.12 bits per heavy atom. The summed E-state index contributed by atoms with van der Waals surface area (Å²) >= 11 is 24.5. The number of Topliss-reactive ketones (excluding diaryl/α,β-unsaturated/α-hetero) is 1. The van der Waals surface area contributed by atoms with Gasteiger partial charge in [0.15, 0.2) is 5.78 Å². The lowest BCUT2D eigenvalue weighted by Gasteiger charge is -2.16. The Balaban J connectivity index is 1.52. The normalized spacial score (nSPS) is 17.7. The maximum absolute atomic E-state index is 13.6. The Labute approximate surface area is 258 Å². The molecule has 3 aromatic carbocycles. The number of anilines is 2. The molecule has 2 unspecified atom stereocenters. The van der Waals surface area contributed by atoms with Crippen molar-refractivity contribution in [2.45, 2.75) is 29.0 Å². The number of benzene rings is 3. The van der Waals surface area contributed by atoms with Gasteiger partial charge in [-0.3, -0.25) is 14.4 Å². The summed E-state index contributed by atoms with van der Waals surface area (Å²) in [4.78, 5) is 37.1. The Kier molecular flexibility index (Phi) is 9.01. The first kappa shape index (κ1) is 32.8. The molecule has 2 atom stereocenters. The topological polar surface area (TPSA) is 75.3 Å². The van der Waals surface area contributed by atoms with Crippen LogP contribution in [-0.4, -0.2) is 28.1 Å². The molecule has 5 nitrogen and oxygen atoms in total. The van der Waals surface area contributed by atoms with Crippen molar-refractivity contribution in [2.24, 2.45) is 5.92 Å². The summed E-state index contributed by atoms with van der Waals surface area (Å²) in [5, 5.41) is 3.40. The molecule has 228 valence electrons. The van der Waals surface area contributed by atoms with Crippen LogP contribution in [0.1, 0.15) is 33.0 Å². The molecule has 4 rings (SSSR count). The van der Waals surface area contributed by atoms with Gasteiger partial charge in [-0.2, -0.15) is 26.3 Å². The maximum atomic E-state index is 13.6. The number of hydrogen-bond acceptors (Lipinski definition) is 3. The fraction of sp³-hybridized carbons (Fsp3) is 0.222. The lowest BCUT2D eigenvalue weighted by molar-refractivity contribution is -0.167. The van der Waals surface area contributed by atoms with Gasteiger partial charge in [0.2, 0.25) is 5.91 Å². The van der Waals surface area contributed by atoms with Crippen molar-refractivity contribution in [3.63, 3.8) is 0 Å². The monoisotopic (exact) mass is 688 g/mol. The first-order valence-electron chi connectivity index (χ1n) is 11.9. The predicted molar refractivity (Wildman–Crippen MR) is 146 cm³/mol. The first-order chi connectivity index (χ1) is 19.8. The van der Waals surface area contributed by atoms with E-state index in [9.17, 15) is 45.1 Å². The van der Waals surface area contributed by atoms with E-state index in [4.69, 9.17) is 46.4 Å². The van der Waals surface area contributed by atoms with Gasteiger partial charge >= 0.3 is 18.3 Å². The minimum absolute atomic E-state index is 0.0610. The summed E-state index contributed by atoms with van der Waals surface area (Å²) < 4.78 is 90.3. The summed E-state index contributed by atoms with van der Waals surface area (Å²) in [7, 11) is 0. The van der Waals surface area contributed by atoms with Crippen molar-refractivity contribution in [3.8, 4) is 0 Å². The summed E-state index contributed by atoms with van der Waals surface area (Å²) in [5.41, 5.74) is -2.72. The highest BCUT2D eigenvalue weighted by molar-refractivity contribution is 6.53. The number of halogens is 11. The molecule has 1 aliphatic rings. The molecule has 1 aliphatic carbocycles. The second-order valence-corrected chi connectivity index (χ2v) is 11.7. The molecule has 43 heavy (non-hydrogen) atoms. The lowest BCUT2D eigenvalue weighted by atomic mass is 9.99. The minimum Gasteiger partial charge on any atom is -0.326 e. The number of rotatable bonds is 7. The highest BCUT2D eigenvalue weighted by Crippen LogP contribution is 2.65. The van der Waals surface area contributed by atoms with Gasteiger partial charge in [0.25, 0.3) is 0 Å². The van der Waals surface area contributed by atoms with Gasteiger partial charge in [0.1, 0.15) is 10.2 Å². The molecule has 0 heterocycles. The van der Waals surface area contributed by atoms with Gasteiger partial charge in [0.05, 0.1) is 27.2 Å². The third-order valence-corrected chi connectivity index (χ3v) is 7.99. The molecule has 2 N–H and O–H groups in total. The van der Waals surface area contributed by atoms with Gasteiger partial charge in [-0.15, -0.1) is 23.2 Å². The number of amides is 2. The second kappa shape index (κ2) is 11.8. The second-order valence-electron chi connectivity index (χ2n) is 9.42. The zero-order valence-electron chi connectivity index (χ0n) is 20.9. The summed E-state index contributed by atoms with van der Waals surface area (Å²) in [6, 6.07) is 9.47. The molecular weight excluding hydrogens is 675 g/mol. The molecular formula is C27H15Cl4F7N2O3. The van der Waals surface area contributed by atoms with Crippen LogP contribution in [0.4, 0.5) is 42.1 Å². The third kappa shape index (κ3) is 7.19. The molecule has 1 saturated carbocycles.